The van der Waals surface area contributed by atoms with Gasteiger partial charge in [0.15, 0.2) is 0 Å². The number of nitrogens with zero attached hydrogens (tertiary/aromatic N) is 1. The van der Waals surface area contributed by atoms with Crippen molar-refractivity contribution in [3.8, 4) is 0 Å². The van der Waals surface area contributed by atoms with Crippen LogP contribution in [0.2, 0.25) is 0 Å². The highest BCUT2D eigenvalue weighted by molar-refractivity contribution is 7.84. The summed E-state index contributed by atoms with van der Waals surface area (Å²) in [5.41, 5.74) is 1.90. The van der Waals surface area contributed by atoms with Crippen LogP contribution in [0.4, 0.5) is 5.69 Å². The fourth-order valence-corrected chi connectivity index (χ4v) is 3.83. The van der Waals surface area contributed by atoms with E-state index in [-0.39, 0.29) is 11.9 Å². The van der Waals surface area contributed by atoms with Gasteiger partial charge >= 0.3 is 0 Å². The first kappa shape index (κ1) is 15.7. The van der Waals surface area contributed by atoms with Crippen molar-refractivity contribution >= 4 is 22.4 Å². The number of amides is 1. The molecule has 1 N–H and O–H groups in total. The van der Waals surface area contributed by atoms with Crippen molar-refractivity contribution in [2.75, 3.05) is 18.9 Å². The number of hydrogen-bond donors (Lipinski definition) is 1. The van der Waals surface area contributed by atoms with Gasteiger partial charge in [0.1, 0.15) is 6.04 Å². The smallest absolute Gasteiger partial charge is 0.244 e. The number of nitrogens with one attached hydrogen (secondary N) is 1. The van der Waals surface area contributed by atoms with E-state index in [4.69, 9.17) is 0 Å². The summed E-state index contributed by atoms with van der Waals surface area (Å²) in [7, 11) is 0.761. The molecular formula is C18H20N2O2S. The summed E-state index contributed by atoms with van der Waals surface area (Å²) in [4.78, 5) is 14.5. The summed E-state index contributed by atoms with van der Waals surface area (Å²) in [5.74, 6) is 0.598. The van der Waals surface area contributed by atoms with Crippen LogP contribution < -0.4 is 5.32 Å². The van der Waals surface area contributed by atoms with E-state index in [2.05, 4.69) is 5.32 Å². The van der Waals surface area contributed by atoms with Gasteiger partial charge < -0.3 is 10.2 Å². The van der Waals surface area contributed by atoms with Gasteiger partial charge in [0.2, 0.25) is 5.91 Å². The van der Waals surface area contributed by atoms with Gasteiger partial charge in [-0.3, -0.25) is 9.00 Å². The molecular weight excluding hydrogens is 308 g/mol. The van der Waals surface area contributed by atoms with Crippen LogP contribution in [0.1, 0.15) is 12.0 Å². The van der Waals surface area contributed by atoms with E-state index in [1.165, 1.54) is 0 Å². The molecule has 4 nitrogen and oxygen atoms in total. The summed E-state index contributed by atoms with van der Waals surface area (Å²) in [6, 6.07) is 17.1. The van der Waals surface area contributed by atoms with E-state index >= 15 is 0 Å². The van der Waals surface area contributed by atoms with E-state index in [9.17, 15) is 9.00 Å². The molecule has 0 saturated carbocycles. The van der Waals surface area contributed by atoms with Gasteiger partial charge in [-0.2, -0.15) is 0 Å². The lowest BCUT2D eigenvalue weighted by molar-refractivity contribution is -0.127. The van der Waals surface area contributed by atoms with Crippen LogP contribution in [0.15, 0.2) is 59.5 Å². The molecule has 1 aliphatic rings. The highest BCUT2D eigenvalue weighted by Gasteiger charge is 2.28. The zero-order valence-electron chi connectivity index (χ0n) is 13.1. The minimum Gasteiger partial charge on any atom is -0.374 e. The third-order valence-corrected chi connectivity index (χ3v) is 5.39. The molecule has 0 bridgehead atoms. The van der Waals surface area contributed by atoms with E-state index in [0.29, 0.717) is 5.75 Å². The normalized spacial score (nSPS) is 18.9. The topological polar surface area (TPSA) is 49.4 Å². The van der Waals surface area contributed by atoms with Crippen LogP contribution in [-0.2, 0) is 21.3 Å². The van der Waals surface area contributed by atoms with Crippen LogP contribution in [-0.4, -0.2) is 34.7 Å². The second kappa shape index (κ2) is 6.96. The number of hydrogen-bond acceptors (Lipinski definition) is 3. The number of likely N-dealkylation sites (N-methyl/N-ethyl adjacent to an activating group) is 1. The minimum absolute atomic E-state index is 0.128. The van der Waals surface area contributed by atoms with Crippen molar-refractivity contribution in [3.05, 3.63) is 60.2 Å². The number of carbonyl (C=O) groups is 1. The Labute approximate surface area is 139 Å². The lowest BCUT2D eigenvalue weighted by atomic mass is 10.2. The Balaban J connectivity index is 1.68. The Morgan fingerprint density at radius 3 is 2.65 bits per heavy atom. The Morgan fingerprint density at radius 1 is 1.17 bits per heavy atom. The number of rotatable bonds is 5. The van der Waals surface area contributed by atoms with Gasteiger partial charge in [0, 0.05) is 24.2 Å². The Morgan fingerprint density at radius 2 is 1.96 bits per heavy atom. The molecule has 2 aromatic rings. The molecule has 0 aliphatic carbocycles. The maximum absolute atomic E-state index is 12.4. The van der Waals surface area contributed by atoms with Gasteiger partial charge in [-0.15, -0.1) is 0 Å². The number of anilines is 1. The molecule has 2 atom stereocenters. The van der Waals surface area contributed by atoms with Gasteiger partial charge in [0.05, 0.1) is 16.6 Å². The van der Waals surface area contributed by atoms with E-state index in [1.54, 1.807) is 4.90 Å². The zero-order valence-corrected chi connectivity index (χ0v) is 13.9. The second-order valence-electron chi connectivity index (χ2n) is 5.75. The molecule has 2 aromatic carbocycles. The van der Waals surface area contributed by atoms with Gasteiger partial charge in [-0.1, -0.05) is 30.3 Å². The molecule has 23 heavy (non-hydrogen) atoms. The number of likely N-dealkylation sites (tertiary alicyclic amines) is 1. The second-order valence-corrected chi connectivity index (χ2v) is 7.20. The summed E-state index contributed by atoms with van der Waals surface area (Å²) < 4.78 is 12.4. The molecule has 1 amide bonds. The van der Waals surface area contributed by atoms with Crippen LogP contribution in [0.5, 0.6) is 0 Å². The fourth-order valence-electron chi connectivity index (χ4n) is 2.72. The number of carbonyl (C=O) groups excluding carboxylic acids is 1. The van der Waals surface area contributed by atoms with Crippen LogP contribution in [0.3, 0.4) is 0 Å². The quantitative estimate of drug-likeness (QED) is 0.918. The molecule has 0 unspecified atom stereocenters. The van der Waals surface area contributed by atoms with Gasteiger partial charge in [-0.05, 0) is 36.2 Å². The summed E-state index contributed by atoms with van der Waals surface area (Å²) in [6.45, 7) is 0.786. The molecule has 0 radical (unpaired) electrons. The fraction of sp³-hybridized carbons (Fsp3) is 0.278. The van der Waals surface area contributed by atoms with Gasteiger partial charge in [0.25, 0.3) is 0 Å². The molecule has 1 aliphatic heterocycles. The van der Waals surface area contributed by atoms with Crippen LogP contribution in [0.25, 0.3) is 0 Å². The lowest BCUT2D eigenvalue weighted by Gasteiger charge is -2.14. The summed E-state index contributed by atoms with van der Waals surface area (Å²) >= 11 is 0. The van der Waals surface area contributed by atoms with E-state index in [1.807, 2.05) is 61.6 Å². The van der Waals surface area contributed by atoms with Crippen molar-refractivity contribution in [1.29, 1.82) is 0 Å². The highest BCUT2D eigenvalue weighted by atomic mass is 32.2. The monoisotopic (exact) mass is 328 g/mol. The van der Waals surface area contributed by atoms with Crippen molar-refractivity contribution in [1.82, 2.24) is 4.90 Å². The predicted molar refractivity (Wildman–Crippen MR) is 92.7 cm³/mol. The molecule has 3 rings (SSSR count). The first-order valence-electron chi connectivity index (χ1n) is 7.67. The zero-order chi connectivity index (χ0) is 16.2. The first-order valence-corrected chi connectivity index (χ1v) is 8.99. The maximum atomic E-state index is 12.4. The van der Waals surface area contributed by atoms with Gasteiger partial charge in [-0.25, -0.2) is 0 Å². The summed E-state index contributed by atoms with van der Waals surface area (Å²) in [6.07, 6.45) is 0.815. The van der Waals surface area contributed by atoms with Crippen LogP contribution in [0, 0.1) is 0 Å². The molecule has 1 fully saturated rings. The maximum Gasteiger partial charge on any atom is 0.244 e. The summed E-state index contributed by atoms with van der Waals surface area (Å²) in [5, 5.41) is 3.28. The molecule has 1 heterocycles. The SMILES string of the molecule is CN1CC[C@@H](Nc2cccc(C[S@@](=O)c3ccccc3)c2)C1=O. The Kier molecular flexibility index (Phi) is 4.76. The van der Waals surface area contributed by atoms with Crippen molar-refractivity contribution in [2.24, 2.45) is 0 Å². The molecule has 1 saturated heterocycles. The van der Waals surface area contributed by atoms with Crippen molar-refractivity contribution < 1.29 is 9.00 Å². The largest absolute Gasteiger partial charge is 0.374 e. The third-order valence-electron chi connectivity index (χ3n) is 4.00. The van der Waals surface area contributed by atoms with Crippen LogP contribution >= 0.6 is 0 Å². The Hall–Kier alpha value is -2.14. The molecule has 120 valence electrons. The van der Waals surface area contributed by atoms with E-state index in [0.717, 1.165) is 29.1 Å². The van der Waals surface area contributed by atoms with Crippen molar-refractivity contribution in [2.45, 2.75) is 23.1 Å². The average molecular weight is 328 g/mol. The lowest BCUT2D eigenvalue weighted by Crippen LogP contribution is -2.30. The van der Waals surface area contributed by atoms with Crippen molar-refractivity contribution in [3.63, 3.8) is 0 Å². The standard InChI is InChI=1S/C18H20N2O2S/c1-20-11-10-17(18(20)21)19-15-7-5-6-14(12-15)13-23(22)16-8-3-2-4-9-16/h2-9,12,17,19H,10-11,13H2,1H3/t17-,23-/m1/s1. The Bertz CT molecular complexity index is 718. The predicted octanol–water partition coefficient (Wildman–Crippen LogP) is 2.64. The molecule has 0 aromatic heterocycles. The average Bonchev–Trinajstić information content (AvgIpc) is 2.88. The van der Waals surface area contributed by atoms with E-state index < -0.39 is 10.8 Å². The third kappa shape index (κ3) is 3.79. The number of benzene rings is 2. The molecule has 5 heteroatoms. The first-order chi connectivity index (χ1) is 11.1. The highest BCUT2D eigenvalue weighted by Crippen LogP contribution is 2.19. The minimum atomic E-state index is -1.06. The molecule has 0 spiro atoms.